The lowest BCUT2D eigenvalue weighted by molar-refractivity contribution is -0.157. The normalized spacial score (nSPS) is 21.2. The number of rotatable bonds is 5. The quantitative estimate of drug-likeness (QED) is 0.782. The molecule has 1 aromatic carbocycles. The summed E-state index contributed by atoms with van der Waals surface area (Å²) in [6.07, 6.45) is 3.22. The zero-order valence-corrected chi connectivity index (χ0v) is 13.3. The van der Waals surface area contributed by atoms with E-state index in [4.69, 9.17) is 9.47 Å². The van der Waals surface area contributed by atoms with Gasteiger partial charge in [-0.2, -0.15) is 0 Å². The van der Waals surface area contributed by atoms with E-state index in [0.717, 1.165) is 11.3 Å². The highest BCUT2D eigenvalue weighted by atomic mass is 16.5. The standard InChI is InChI=1S/C18H22O4/c1-4-18(17(20)22-5-2)11-10-15(16(19)12-18)13-6-8-14(21-3)9-7-13/h6-10H,4-5,11-12H2,1-3H3. The molecule has 0 aromatic heterocycles. The van der Waals surface area contributed by atoms with Gasteiger partial charge < -0.3 is 9.47 Å². The molecular weight excluding hydrogens is 280 g/mol. The lowest BCUT2D eigenvalue weighted by atomic mass is 9.71. The summed E-state index contributed by atoms with van der Waals surface area (Å²) in [6.45, 7) is 4.05. The molecule has 0 aliphatic heterocycles. The molecule has 1 unspecified atom stereocenters. The summed E-state index contributed by atoms with van der Waals surface area (Å²) < 4.78 is 10.3. The van der Waals surface area contributed by atoms with Gasteiger partial charge in [0.15, 0.2) is 5.78 Å². The second-order valence-corrected chi connectivity index (χ2v) is 5.50. The fraction of sp³-hybridized carbons (Fsp3) is 0.444. The molecule has 1 aromatic rings. The maximum absolute atomic E-state index is 12.5. The Morgan fingerprint density at radius 2 is 1.91 bits per heavy atom. The van der Waals surface area contributed by atoms with E-state index < -0.39 is 5.41 Å². The van der Waals surface area contributed by atoms with E-state index in [1.807, 2.05) is 37.3 Å². The zero-order valence-electron chi connectivity index (χ0n) is 13.3. The molecular formula is C18H22O4. The van der Waals surface area contributed by atoms with Crippen LogP contribution in [0.25, 0.3) is 5.57 Å². The first-order valence-electron chi connectivity index (χ1n) is 7.61. The van der Waals surface area contributed by atoms with Gasteiger partial charge in [-0.3, -0.25) is 9.59 Å². The van der Waals surface area contributed by atoms with E-state index in [1.165, 1.54) is 0 Å². The Balaban J connectivity index is 2.26. The molecule has 0 fully saturated rings. The largest absolute Gasteiger partial charge is 0.497 e. The molecule has 4 heteroatoms. The SMILES string of the molecule is CCOC(=O)C1(CC)CC=C(c2ccc(OC)cc2)C(=O)C1. The van der Waals surface area contributed by atoms with E-state index in [0.29, 0.717) is 25.0 Å². The highest BCUT2D eigenvalue weighted by molar-refractivity contribution is 6.22. The summed E-state index contributed by atoms with van der Waals surface area (Å²) >= 11 is 0. The fourth-order valence-electron chi connectivity index (χ4n) is 2.79. The van der Waals surface area contributed by atoms with Crippen LogP contribution in [0, 0.1) is 5.41 Å². The Hall–Kier alpha value is -2.10. The molecule has 0 N–H and O–H groups in total. The van der Waals surface area contributed by atoms with Gasteiger partial charge in [0.05, 0.1) is 19.1 Å². The van der Waals surface area contributed by atoms with Gasteiger partial charge >= 0.3 is 5.97 Å². The minimum Gasteiger partial charge on any atom is -0.497 e. The summed E-state index contributed by atoms with van der Waals surface area (Å²) in [5.41, 5.74) is 0.832. The number of benzene rings is 1. The minimum absolute atomic E-state index is 0.00804. The van der Waals surface area contributed by atoms with E-state index in [2.05, 4.69) is 0 Å². The van der Waals surface area contributed by atoms with Crippen LogP contribution in [0.2, 0.25) is 0 Å². The number of ketones is 1. The number of hydrogen-bond acceptors (Lipinski definition) is 4. The molecule has 1 atom stereocenters. The molecule has 0 radical (unpaired) electrons. The summed E-state index contributed by atoms with van der Waals surface area (Å²) in [6, 6.07) is 7.39. The number of carbonyl (C=O) groups excluding carboxylic acids is 2. The van der Waals surface area contributed by atoms with Gasteiger partial charge in [0.1, 0.15) is 5.75 Å². The number of esters is 1. The number of methoxy groups -OCH3 is 1. The maximum atomic E-state index is 12.5. The van der Waals surface area contributed by atoms with Crippen molar-refractivity contribution in [2.75, 3.05) is 13.7 Å². The molecule has 0 spiro atoms. The van der Waals surface area contributed by atoms with Crippen molar-refractivity contribution in [3.63, 3.8) is 0 Å². The predicted molar refractivity (Wildman–Crippen MR) is 84.6 cm³/mol. The number of ether oxygens (including phenoxy) is 2. The zero-order chi connectivity index (χ0) is 16.2. The molecule has 0 saturated heterocycles. The van der Waals surface area contributed by atoms with E-state index in [-0.39, 0.29) is 18.2 Å². The molecule has 1 aliphatic rings. The first-order chi connectivity index (χ1) is 10.6. The third-order valence-corrected chi connectivity index (χ3v) is 4.28. The second-order valence-electron chi connectivity index (χ2n) is 5.50. The Morgan fingerprint density at radius 3 is 2.41 bits per heavy atom. The van der Waals surface area contributed by atoms with Crippen LogP contribution in [0.4, 0.5) is 0 Å². The van der Waals surface area contributed by atoms with Crippen LogP contribution in [-0.2, 0) is 14.3 Å². The lowest BCUT2D eigenvalue weighted by Gasteiger charge is -2.32. The van der Waals surface area contributed by atoms with Crippen LogP contribution in [0.3, 0.4) is 0 Å². The van der Waals surface area contributed by atoms with Crippen molar-refractivity contribution in [2.24, 2.45) is 5.41 Å². The van der Waals surface area contributed by atoms with Crippen LogP contribution in [-0.4, -0.2) is 25.5 Å². The second kappa shape index (κ2) is 6.77. The summed E-state index contributed by atoms with van der Waals surface area (Å²) in [7, 11) is 1.61. The monoisotopic (exact) mass is 302 g/mol. The first-order valence-corrected chi connectivity index (χ1v) is 7.61. The molecule has 1 aliphatic carbocycles. The average molecular weight is 302 g/mol. The highest BCUT2D eigenvalue weighted by Crippen LogP contribution is 2.40. The van der Waals surface area contributed by atoms with Crippen molar-refractivity contribution in [3.05, 3.63) is 35.9 Å². The third kappa shape index (κ3) is 3.06. The van der Waals surface area contributed by atoms with Gasteiger partial charge in [-0.05, 0) is 37.5 Å². The summed E-state index contributed by atoms with van der Waals surface area (Å²) in [5.74, 6) is 0.476. The van der Waals surface area contributed by atoms with Crippen LogP contribution in [0.15, 0.2) is 30.3 Å². The molecule has 4 nitrogen and oxygen atoms in total. The topological polar surface area (TPSA) is 52.6 Å². The molecule has 0 amide bonds. The van der Waals surface area contributed by atoms with Crippen molar-refractivity contribution >= 4 is 17.3 Å². The number of allylic oxidation sites excluding steroid dienone is 2. The van der Waals surface area contributed by atoms with Crippen LogP contribution >= 0.6 is 0 Å². The van der Waals surface area contributed by atoms with Crippen LogP contribution < -0.4 is 4.74 Å². The van der Waals surface area contributed by atoms with Gasteiger partial charge in [0.25, 0.3) is 0 Å². The molecule has 2 rings (SSSR count). The Morgan fingerprint density at radius 1 is 1.23 bits per heavy atom. The predicted octanol–water partition coefficient (Wildman–Crippen LogP) is 3.40. The fourth-order valence-corrected chi connectivity index (χ4v) is 2.79. The molecule has 0 heterocycles. The molecule has 22 heavy (non-hydrogen) atoms. The van der Waals surface area contributed by atoms with E-state index in [9.17, 15) is 9.59 Å². The van der Waals surface area contributed by atoms with Gasteiger partial charge in [-0.15, -0.1) is 0 Å². The number of hydrogen-bond donors (Lipinski definition) is 0. The van der Waals surface area contributed by atoms with Crippen molar-refractivity contribution in [1.82, 2.24) is 0 Å². The van der Waals surface area contributed by atoms with Crippen LogP contribution in [0.5, 0.6) is 5.75 Å². The van der Waals surface area contributed by atoms with Crippen LogP contribution in [0.1, 0.15) is 38.7 Å². The van der Waals surface area contributed by atoms with E-state index in [1.54, 1.807) is 14.0 Å². The Bertz CT molecular complexity index is 586. The van der Waals surface area contributed by atoms with Crippen molar-refractivity contribution in [2.45, 2.75) is 33.1 Å². The Kier molecular flexibility index (Phi) is 5.01. The summed E-state index contributed by atoms with van der Waals surface area (Å²) in [4.78, 5) is 24.7. The number of Topliss-reactive ketones (excluding diaryl/α,β-unsaturated/α-hetero) is 1. The van der Waals surface area contributed by atoms with E-state index >= 15 is 0 Å². The van der Waals surface area contributed by atoms with Gasteiger partial charge in [0, 0.05) is 12.0 Å². The molecule has 0 bridgehead atoms. The highest BCUT2D eigenvalue weighted by Gasteiger charge is 2.42. The maximum Gasteiger partial charge on any atom is 0.312 e. The minimum atomic E-state index is -0.705. The smallest absolute Gasteiger partial charge is 0.312 e. The van der Waals surface area contributed by atoms with Crippen molar-refractivity contribution in [3.8, 4) is 5.75 Å². The van der Waals surface area contributed by atoms with Gasteiger partial charge in [-0.1, -0.05) is 25.1 Å². The third-order valence-electron chi connectivity index (χ3n) is 4.28. The molecule has 118 valence electrons. The summed E-state index contributed by atoms with van der Waals surface area (Å²) in [5, 5.41) is 0. The van der Waals surface area contributed by atoms with Crippen molar-refractivity contribution in [1.29, 1.82) is 0 Å². The Labute approximate surface area is 131 Å². The number of carbonyl (C=O) groups is 2. The van der Waals surface area contributed by atoms with Gasteiger partial charge in [0.2, 0.25) is 0 Å². The average Bonchev–Trinajstić information content (AvgIpc) is 2.55. The van der Waals surface area contributed by atoms with Crippen molar-refractivity contribution < 1.29 is 19.1 Å². The first kappa shape index (κ1) is 16.3. The lowest BCUT2D eigenvalue weighted by Crippen LogP contribution is -2.37. The molecule has 0 saturated carbocycles. The van der Waals surface area contributed by atoms with Gasteiger partial charge in [-0.25, -0.2) is 0 Å².